The summed E-state index contributed by atoms with van der Waals surface area (Å²) in [5, 5.41) is 2.04. The first-order valence-electron chi connectivity index (χ1n) is 10.1. The lowest BCUT2D eigenvalue weighted by Gasteiger charge is -2.29. The monoisotopic (exact) mass is 417 g/mol. The molecule has 0 bridgehead atoms. The number of thiazole rings is 1. The first-order chi connectivity index (χ1) is 14.6. The maximum atomic E-state index is 13.2. The zero-order chi connectivity index (χ0) is 20.7. The van der Waals surface area contributed by atoms with Gasteiger partial charge in [0, 0.05) is 35.1 Å². The Kier molecular flexibility index (Phi) is 4.79. The molecule has 0 aliphatic carbocycles. The van der Waals surface area contributed by atoms with Gasteiger partial charge in [-0.15, -0.1) is 11.3 Å². The Bertz CT molecular complexity index is 1220. The summed E-state index contributed by atoms with van der Waals surface area (Å²) >= 11 is 1.57. The Labute approximate surface area is 179 Å². The van der Waals surface area contributed by atoms with Crippen molar-refractivity contribution in [2.24, 2.45) is 0 Å². The summed E-state index contributed by atoms with van der Waals surface area (Å²) in [5.41, 5.74) is 6.49. The van der Waals surface area contributed by atoms with Crippen molar-refractivity contribution < 1.29 is 9.53 Å². The number of methoxy groups -OCH3 is 1. The Balaban J connectivity index is 1.41. The van der Waals surface area contributed by atoms with Crippen LogP contribution in [0.2, 0.25) is 0 Å². The van der Waals surface area contributed by atoms with Crippen molar-refractivity contribution in [1.82, 2.24) is 9.38 Å². The number of anilines is 1. The normalized spacial score (nSPS) is 13.5. The lowest BCUT2D eigenvalue weighted by molar-refractivity contribution is -0.118. The third-order valence-electron chi connectivity index (χ3n) is 5.66. The first-order valence-corrected chi connectivity index (χ1v) is 11.0. The van der Waals surface area contributed by atoms with Crippen LogP contribution in [0.15, 0.2) is 54.0 Å². The molecule has 2 aromatic heterocycles. The number of ether oxygens (including phenoxy) is 1. The summed E-state index contributed by atoms with van der Waals surface area (Å²) in [6.07, 6.45) is 4.43. The summed E-state index contributed by atoms with van der Waals surface area (Å²) in [6.45, 7) is 2.88. The van der Waals surface area contributed by atoms with Crippen LogP contribution in [-0.4, -0.2) is 28.9 Å². The van der Waals surface area contributed by atoms with Crippen LogP contribution in [0.3, 0.4) is 0 Å². The highest BCUT2D eigenvalue weighted by atomic mass is 32.1. The predicted molar refractivity (Wildman–Crippen MR) is 121 cm³/mol. The van der Waals surface area contributed by atoms with E-state index in [2.05, 4.69) is 25.1 Å². The van der Waals surface area contributed by atoms with Crippen LogP contribution in [0.4, 0.5) is 5.69 Å². The van der Waals surface area contributed by atoms with Gasteiger partial charge in [0.1, 0.15) is 5.75 Å². The molecule has 4 aromatic rings. The summed E-state index contributed by atoms with van der Waals surface area (Å²) in [6, 6.07) is 14.2. The molecule has 0 radical (unpaired) electrons. The molecule has 1 aliphatic heterocycles. The van der Waals surface area contributed by atoms with Crippen LogP contribution in [0.1, 0.15) is 23.2 Å². The van der Waals surface area contributed by atoms with Crippen molar-refractivity contribution in [1.29, 1.82) is 0 Å². The van der Waals surface area contributed by atoms with Gasteiger partial charge in [-0.2, -0.15) is 0 Å². The number of aryl methyl sites for hydroxylation is 2. The molecule has 5 nitrogen and oxygen atoms in total. The highest BCUT2D eigenvalue weighted by Gasteiger charge is 2.23. The van der Waals surface area contributed by atoms with Crippen LogP contribution in [0.5, 0.6) is 5.75 Å². The van der Waals surface area contributed by atoms with E-state index in [1.54, 1.807) is 18.4 Å². The van der Waals surface area contributed by atoms with Crippen LogP contribution < -0.4 is 9.64 Å². The number of hydrogen-bond acceptors (Lipinski definition) is 4. The minimum Gasteiger partial charge on any atom is -0.497 e. The second-order valence-corrected chi connectivity index (χ2v) is 8.53. The number of benzene rings is 2. The lowest BCUT2D eigenvalue weighted by Crippen LogP contribution is -2.36. The number of imidazole rings is 1. The fraction of sp³-hybridized carbons (Fsp3) is 0.250. The van der Waals surface area contributed by atoms with E-state index in [4.69, 9.17) is 9.72 Å². The van der Waals surface area contributed by atoms with E-state index in [0.29, 0.717) is 6.42 Å². The van der Waals surface area contributed by atoms with E-state index in [0.717, 1.165) is 52.7 Å². The van der Waals surface area contributed by atoms with Gasteiger partial charge in [-0.1, -0.05) is 17.7 Å². The molecule has 0 N–H and O–H groups in total. The Morgan fingerprint density at radius 3 is 2.83 bits per heavy atom. The third-order valence-corrected chi connectivity index (χ3v) is 6.54. The molecular weight excluding hydrogens is 394 g/mol. The number of carbonyl (C=O) groups excluding carboxylic acids is 1. The average molecular weight is 418 g/mol. The molecule has 2 aromatic carbocycles. The van der Waals surface area contributed by atoms with Gasteiger partial charge < -0.3 is 9.64 Å². The first kappa shape index (κ1) is 18.9. The smallest absolute Gasteiger partial charge is 0.232 e. The summed E-state index contributed by atoms with van der Waals surface area (Å²) in [4.78, 5) is 20.8. The second kappa shape index (κ2) is 7.61. The quantitative estimate of drug-likeness (QED) is 0.474. The highest BCUT2D eigenvalue weighted by Crippen LogP contribution is 2.30. The Hall–Kier alpha value is -3.12. The molecule has 0 saturated heterocycles. The van der Waals surface area contributed by atoms with Gasteiger partial charge in [-0.25, -0.2) is 4.98 Å². The average Bonchev–Trinajstić information content (AvgIpc) is 3.35. The fourth-order valence-corrected chi connectivity index (χ4v) is 4.97. The van der Waals surface area contributed by atoms with E-state index in [9.17, 15) is 4.79 Å². The van der Waals surface area contributed by atoms with E-state index >= 15 is 0 Å². The third kappa shape index (κ3) is 3.37. The molecule has 3 heterocycles. The van der Waals surface area contributed by atoms with Crippen molar-refractivity contribution in [2.75, 3.05) is 18.6 Å². The molecule has 0 spiro atoms. The van der Waals surface area contributed by atoms with Gasteiger partial charge in [-0.3, -0.25) is 9.20 Å². The number of nitrogens with zero attached hydrogens (tertiary/aromatic N) is 3. The van der Waals surface area contributed by atoms with Crippen LogP contribution in [-0.2, 0) is 17.6 Å². The Morgan fingerprint density at radius 1 is 1.20 bits per heavy atom. The molecule has 0 fully saturated rings. The number of carbonyl (C=O) groups is 1. The van der Waals surface area contributed by atoms with Crippen LogP contribution in [0.25, 0.3) is 16.2 Å². The van der Waals surface area contributed by atoms with Crippen molar-refractivity contribution in [3.63, 3.8) is 0 Å². The van der Waals surface area contributed by atoms with Crippen LogP contribution >= 0.6 is 11.3 Å². The van der Waals surface area contributed by atoms with Gasteiger partial charge in [-0.05, 0) is 55.7 Å². The maximum Gasteiger partial charge on any atom is 0.232 e. The highest BCUT2D eigenvalue weighted by molar-refractivity contribution is 7.15. The van der Waals surface area contributed by atoms with Crippen LogP contribution in [0, 0.1) is 6.92 Å². The molecule has 30 heavy (non-hydrogen) atoms. The molecule has 0 unspecified atom stereocenters. The molecule has 0 saturated carbocycles. The minimum atomic E-state index is 0.138. The zero-order valence-corrected chi connectivity index (χ0v) is 17.9. The van der Waals surface area contributed by atoms with Crippen molar-refractivity contribution in [2.45, 2.75) is 26.2 Å². The zero-order valence-electron chi connectivity index (χ0n) is 17.1. The summed E-state index contributed by atoms with van der Waals surface area (Å²) in [7, 11) is 1.66. The number of fused-ring (bicyclic) bond motifs is 2. The van der Waals surface area contributed by atoms with Gasteiger partial charge in [0.25, 0.3) is 0 Å². The molecule has 1 amide bonds. The van der Waals surface area contributed by atoms with Crippen molar-refractivity contribution >= 4 is 27.9 Å². The topological polar surface area (TPSA) is 46.8 Å². The minimum absolute atomic E-state index is 0.138. The second-order valence-electron chi connectivity index (χ2n) is 7.69. The number of hydrogen-bond donors (Lipinski definition) is 0. The van der Waals surface area contributed by atoms with Gasteiger partial charge >= 0.3 is 0 Å². The largest absolute Gasteiger partial charge is 0.497 e. The summed E-state index contributed by atoms with van der Waals surface area (Å²) in [5.74, 6) is 0.960. The molecule has 1 aliphatic rings. The lowest BCUT2D eigenvalue weighted by atomic mass is 9.99. The van der Waals surface area contributed by atoms with Gasteiger partial charge in [0.15, 0.2) is 4.96 Å². The number of aromatic nitrogens is 2. The number of amides is 1. The molecule has 6 heteroatoms. The fourth-order valence-electron chi connectivity index (χ4n) is 4.09. The standard InChI is InChI=1S/C24H23N3O2S/c1-16-5-10-22-18(12-16)4-3-11-26(22)23(28)13-19-15-30-24-25-21(14-27(19)24)17-6-8-20(29-2)9-7-17/h5-10,12,14-15H,3-4,11,13H2,1-2H3. The maximum absolute atomic E-state index is 13.2. The molecular formula is C24H23N3O2S. The number of rotatable bonds is 4. The molecule has 0 atom stereocenters. The van der Waals surface area contributed by atoms with Gasteiger partial charge in [0.2, 0.25) is 5.91 Å². The van der Waals surface area contributed by atoms with Gasteiger partial charge in [0.05, 0.1) is 19.2 Å². The summed E-state index contributed by atoms with van der Waals surface area (Å²) < 4.78 is 7.28. The van der Waals surface area contributed by atoms with E-state index in [1.165, 1.54) is 11.1 Å². The SMILES string of the molecule is COc1ccc(-c2cn3c(CC(=O)N4CCCc5cc(C)ccc54)csc3n2)cc1. The van der Waals surface area contributed by atoms with E-state index in [1.807, 2.05) is 45.1 Å². The van der Waals surface area contributed by atoms with E-state index in [-0.39, 0.29) is 5.91 Å². The molecule has 152 valence electrons. The van der Waals surface area contributed by atoms with Crippen molar-refractivity contribution in [3.05, 3.63) is 70.9 Å². The predicted octanol–water partition coefficient (Wildman–Crippen LogP) is 4.90. The van der Waals surface area contributed by atoms with E-state index < -0.39 is 0 Å². The molecule has 5 rings (SSSR count). The van der Waals surface area contributed by atoms with Crippen molar-refractivity contribution in [3.8, 4) is 17.0 Å². The Morgan fingerprint density at radius 2 is 2.03 bits per heavy atom.